The van der Waals surface area contributed by atoms with Crippen molar-refractivity contribution in [3.05, 3.63) is 18.0 Å². The highest BCUT2D eigenvalue weighted by Crippen LogP contribution is 2.21. The fourth-order valence-electron chi connectivity index (χ4n) is 1.21. The van der Waals surface area contributed by atoms with Gasteiger partial charge in [0.2, 0.25) is 0 Å². The molecule has 1 aromatic rings. The molecule has 0 aliphatic rings. The summed E-state index contributed by atoms with van der Waals surface area (Å²) in [7, 11) is 0. The third-order valence-electron chi connectivity index (χ3n) is 1.66. The first-order valence-electron chi connectivity index (χ1n) is 4.12. The lowest BCUT2D eigenvalue weighted by Crippen LogP contribution is -2.12. The van der Waals surface area contributed by atoms with E-state index < -0.39 is 0 Å². The second kappa shape index (κ2) is 4.17. The molecule has 0 atom stereocenters. The Kier molecular flexibility index (Phi) is 3.40. The fraction of sp³-hybridized carbons (Fsp3) is 0.625. The zero-order valence-electron chi connectivity index (χ0n) is 8.03. The summed E-state index contributed by atoms with van der Waals surface area (Å²) in [6.45, 7) is 6.33. The van der Waals surface area contributed by atoms with Gasteiger partial charge in [-0.05, 0) is 17.6 Å². The lowest BCUT2D eigenvalue weighted by atomic mass is 9.89. The molecule has 1 rings (SSSR count). The molecule has 0 spiro atoms. The highest BCUT2D eigenvalue weighted by Gasteiger charge is 2.17. The largest absolute Gasteiger partial charge is 0.176 e. The molecule has 0 amide bonds. The highest BCUT2D eigenvalue weighted by molar-refractivity contribution is 14.1. The van der Waals surface area contributed by atoms with Crippen molar-refractivity contribution in [1.29, 1.82) is 0 Å². The Bertz CT molecular complexity index is 303. The molecule has 72 valence electrons. The average molecular weight is 292 g/mol. The highest BCUT2D eigenvalue weighted by atomic mass is 127. The minimum absolute atomic E-state index is 0.106. The van der Waals surface area contributed by atoms with Crippen LogP contribution in [-0.2, 0) is 6.42 Å². The van der Waals surface area contributed by atoms with Gasteiger partial charge < -0.3 is 0 Å². The maximum atomic E-state index is 4.13. The lowest BCUT2D eigenvalue weighted by molar-refractivity contribution is 0.463. The van der Waals surface area contributed by atoms with Crippen molar-refractivity contribution < 1.29 is 0 Å². The Balaban J connectivity index is 2.68. The summed E-state index contributed by atoms with van der Waals surface area (Å²) in [5.74, 6) is 0.789. The zero-order chi connectivity index (χ0) is 9.90. The minimum atomic E-state index is 0.106. The van der Waals surface area contributed by atoms with Crippen LogP contribution in [0.25, 0.3) is 0 Å². The van der Waals surface area contributed by atoms with Crippen LogP contribution in [0.5, 0.6) is 0 Å². The Morgan fingerprint density at radius 2 is 2.23 bits per heavy atom. The van der Waals surface area contributed by atoms with Crippen LogP contribution in [0.1, 0.15) is 26.6 Å². The number of aromatic nitrogens is 4. The van der Waals surface area contributed by atoms with Crippen LogP contribution in [0.4, 0.5) is 0 Å². The van der Waals surface area contributed by atoms with Crippen molar-refractivity contribution in [3.8, 4) is 0 Å². The molecule has 5 heteroatoms. The van der Waals surface area contributed by atoms with Gasteiger partial charge in [0.05, 0.1) is 0 Å². The van der Waals surface area contributed by atoms with Gasteiger partial charge in [-0.25, -0.2) is 0 Å². The van der Waals surface area contributed by atoms with E-state index >= 15 is 0 Å². The van der Waals surface area contributed by atoms with Gasteiger partial charge in [0.15, 0.2) is 5.82 Å². The van der Waals surface area contributed by atoms with E-state index in [0.29, 0.717) is 0 Å². The van der Waals surface area contributed by atoms with Gasteiger partial charge in [-0.15, -0.1) is 13.2 Å². The van der Waals surface area contributed by atoms with Crippen molar-refractivity contribution in [3.63, 3.8) is 0 Å². The summed E-state index contributed by atoms with van der Waals surface area (Å²) < 4.78 is 1.46. The fourth-order valence-corrected chi connectivity index (χ4v) is 1.56. The van der Waals surface area contributed by atoms with Gasteiger partial charge in [0.25, 0.3) is 0 Å². The third kappa shape index (κ3) is 3.41. The lowest BCUT2D eigenvalue weighted by Gasteiger charge is -2.16. The Morgan fingerprint density at radius 3 is 2.69 bits per heavy atom. The number of tetrazole rings is 1. The second-order valence-electron chi connectivity index (χ2n) is 3.61. The summed E-state index contributed by atoms with van der Waals surface area (Å²) in [6.07, 6.45) is 5.02. The Hall–Kier alpha value is -0.460. The van der Waals surface area contributed by atoms with E-state index in [4.69, 9.17) is 0 Å². The van der Waals surface area contributed by atoms with Gasteiger partial charge in [-0.1, -0.05) is 26.0 Å². The quantitative estimate of drug-likeness (QED) is 0.632. The molecule has 0 saturated heterocycles. The first kappa shape index (κ1) is 10.6. The molecular formula is C8H13IN4. The molecule has 1 aromatic heterocycles. The maximum Gasteiger partial charge on any atom is 0.176 e. The second-order valence-corrected chi connectivity index (χ2v) is 4.47. The standard InChI is InChI=1S/C8H13IN4/c1-4-5-8(2,3)6-7-10-12-13(9)11-7/h4-5H,6H2,1-3H3/b5-4+. The average Bonchev–Trinajstić information content (AvgIpc) is 2.34. The normalized spacial score (nSPS) is 12.6. The van der Waals surface area contributed by atoms with Crippen LogP contribution in [0.3, 0.4) is 0 Å². The number of rotatable bonds is 3. The molecule has 13 heavy (non-hydrogen) atoms. The molecular weight excluding hydrogens is 279 g/mol. The van der Waals surface area contributed by atoms with Crippen LogP contribution in [0.15, 0.2) is 12.2 Å². The van der Waals surface area contributed by atoms with E-state index in [2.05, 4.69) is 41.4 Å². The number of nitrogens with zero attached hydrogens (tertiary/aromatic N) is 4. The van der Waals surface area contributed by atoms with E-state index in [0.717, 1.165) is 12.2 Å². The van der Waals surface area contributed by atoms with Gasteiger partial charge in [-0.3, -0.25) is 0 Å². The molecule has 4 nitrogen and oxygen atoms in total. The summed E-state index contributed by atoms with van der Waals surface area (Å²) in [5.41, 5.74) is 0.106. The predicted octanol–water partition coefficient (Wildman–Crippen LogP) is 2.02. The van der Waals surface area contributed by atoms with Crippen LogP contribution < -0.4 is 0 Å². The van der Waals surface area contributed by atoms with Crippen molar-refractivity contribution in [2.45, 2.75) is 27.2 Å². The molecule has 0 aliphatic heterocycles. The smallest absolute Gasteiger partial charge is 0.126 e. The van der Waals surface area contributed by atoms with Crippen LogP contribution >= 0.6 is 22.9 Å². The maximum absolute atomic E-state index is 4.13. The Morgan fingerprint density at radius 1 is 1.54 bits per heavy atom. The topological polar surface area (TPSA) is 43.6 Å². The van der Waals surface area contributed by atoms with E-state index in [1.165, 1.54) is 3.01 Å². The number of hydrogen-bond acceptors (Lipinski definition) is 3. The molecule has 0 fully saturated rings. The van der Waals surface area contributed by atoms with Gasteiger partial charge in [0, 0.05) is 6.42 Å². The summed E-state index contributed by atoms with van der Waals surface area (Å²) in [6, 6.07) is 0. The molecule has 0 aromatic carbocycles. The van der Waals surface area contributed by atoms with Crippen molar-refractivity contribution in [2.75, 3.05) is 0 Å². The predicted molar refractivity (Wildman–Crippen MR) is 59.5 cm³/mol. The molecule has 0 saturated carbocycles. The number of hydrogen-bond donors (Lipinski definition) is 0. The third-order valence-corrected chi connectivity index (χ3v) is 2.07. The van der Waals surface area contributed by atoms with E-state index in [9.17, 15) is 0 Å². The van der Waals surface area contributed by atoms with Crippen LogP contribution in [-0.4, -0.2) is 18.4 Å². The molecule has 0 bridgehead atoms. The summed E-state index contributed by atoms with van der Waals surface area (Å²) in [4.78, 5) is 0. The van der Waals surface area contributed by atoms with Crippen LogP contribution in [0, 0.1) is 5.41 Å². The summed E-state index contributed by atoms with van der Waals surface area (Å²) in [5, 5.41) is 11.8. The monoisotopic (exact) mass is 292 g/mol. The molecule has 0 N–H and O–H groups in total. The molecule has 0 aliphatic carbocycles. The zero-order valence-corrected chi connectivity index (χ0v) is 10.2. The first-order valence-corrected chi connectivity index (χ1v) is 5.09. The summed E-state index contributed by atoms with van der Waals surface area (Å²) >= 11 is 1.99. The van der Waals surface area contributed by atoms with Crippen molar-refractivity contribution >= 4 is 22.9 Å². The van der Waals surface area contributed by atoms with E-state index in [-0.39, 0.29) is 5.41 Å². The number of halogens is 1. The molecule has 1 heterocycles. The Labute approximate surface area is 91.9 Å². The van der Waals surface area contributed by atoms with Crippen molar-refractivity contribution in [2.24, 2.45) is 5.41 Å². The van der Waals surface area contributed by atoms with Crippen molar-refractivity contribution in [1.82, 2.24) is 18.4 Å². The number of allylic oxidation sites excluding steroid dienone is 2. The molecule has 0 radical (unpaired) electrons. The molecule has 0 unspecified atom stereocenters. The van der Waals surface area contributed by atoms with Gasteiger partial charge in [-0.2, -0.15) is 0 Å². The SMILES string of the molecule is C/C=C/C(C)(C)Cc1nnn(I)n1. The van der Waals surface area contributed by atoms with Crippen LogP contribution in [0.2, 0.25) is 0 Å². The first-order chi connectivity index (χ1) is 6.03. The van der Waals surface area contributed by atoms with Gasteiger partial charge in [0.1, 0.15) is 22.9 Å². The van der Waals surface area contributed by atoms with E-state index in [1.54, 1.807) is 0 Å². The van der Waals surface area contributed by atoms with Gasteiger partial charge >= 0.3 is 0 Å². The van der Waals surface area contributed by atoms with E-state index in [1.807, 2.05) is 29.8 Å². The minimum Gasteiger partial charge on any atom is -0.126 e.